The lowest BCUT2D eigenvalue weighted by Crippen LogP contribution is -2.06. The van der Waals surface area contributed by atoms with Crippen LogP contribution in [0.1, 0.15) is 5.56 Å². The summed E-state index contributed by atoms with van der Waals surface area (Å²) >= 11 is 0. The molecule has 104 valence electrons. The van der Waals surface area contributed by atoms with Gasteiger partial charge in [0.05, 0.1) is 12.9 Å². The third-order valence-electron chi connectivity index (χ3n) is 2.49. The Labute approximate surface area is 114 Å². The first kappa shape index (κ1) is 13.8. The molecule has 1 aromatic carbocycles. The Morgan fingerprint density at radius 2 is 2.30 bits per heavy atom. The van der Waals surface area contributed by atoms with Crippen molar-refractivity contribution in [1.82, 2.24) is 9.55 Å². The van der Waals surface area contributed by atoms with Crippen molar-refractivity contribution >= 4 is 12.0 Å². The Bertz CT molecular complexity index is 609. The number of halogens is 1. The average Bonchev–Trinajstić information content (AvgIpc) is 2.89. The van der Waals surface area contributed by atoms with Crippen LogP contribution in [-0.2, 0) is 11.3 Å². The van der Waals surface area contributed by atoms with Gasteiger partial charge < -0.3 is 14.4 Å². The van der Waals surface area contributed by atoms with Crippen molar-refractivity contribution in [3.05, 3.63) is 54.4 Å². The molecule has 6 heteroatoms. The lowest BCUT2D eigenvalue weighted by molar-refractivity contribution is -0.131. The minimum atomic E-state index is -1.09. The zero-order chi connectivity index (χ0) is 14.4. The van der Waals surface area contributed by atoms with Crippen molar-refractivity contribution in [1.29, 1.82) is 0 Å². The second kappa shape index (κ2) is 6.51. The zero-order valence-corrected chi connectivity index (χ0v) is 10.6. The molecular weight excluding hydrogens is 263 g/mol. The molecule has 0 bridgehead atoms. The summed E-state index contributed by atoms with van der Waals surface area (Å²) in [6.45, 7) is 0.957. The number of rotatable bonds is 6. The molecule has 0 aliphatic heterocycles. The van der Waals surface area contributed by atoms with E-state index in [2.05, 4.69) is 4.98 Å². The molecule has 0 saturated carbocycles. The van der Waals surface area contributed by atoms with E-state index in [1.54, 1.807) is 24.8 Å². The average molecular weight is 276 g/mol. The standard InChI is InChI=1S/C14H13FN2O3/c15-12-7-11(1-2-14(18)19)8-13(9-12)20-6-5-17-4-3-16-10-17/h1-4,7-10H,5-6H2,(H,18,19)/b2-1+. The molecule has 2 aromatic rings. The largest absolute Gasteiger partial charge is 0.492 e. The molecule has 2 rings (SSSR count). The van der Waals surface area contributed by atoms with Crippen LogP contribution in [0.5, 0.6) is 5.75 Å². The SMILES string of the molecule is O=C(O)/C=C/c1cc(F)cc(OCCn2ccnc2)c1. The van der Waals surface area contributed by atoms with E-state index in [4.69, 9.17) is 9.84 Å². The molecule has 0 radical (unpaired) electrons. The van der Waals surface area contributed by atoms with Gasteiger partial charge in [0, 0.05) is 24.5 Å². The van der Waals surface area contributed by atoms with Crippen LogP contribution in [-0.4, -0.2) is 27.2 Å². The van der Waals surface area contributed by atoms with E-state index in [1.807, 2.05) is 4.57 Å². The summed E-state index contributed by atoms with van der Waals surface area (Å²) in [5, 5.41) is 8.54. The Balaban J connectivity index is 1.98. The number of ether oxygens (including phenoxy) is 1. The van der Waals surface area contributed by atoms with Crippen molar-refractivity contribution in [2.45, 2.75) is 6.54 Å². The van der Waals surface area contributed by atoms with Gasteiger partial charge >= 0.3 is 5.97 Å². The highest BCUT2D eigenvalue weighted by Gasteiger charge is 2.01. The zero-order valence-electron chi connectivity index (χ0n) is 10.6. The van der Waals surface area contributed by atoms with Gasteiger partial charge in [-0.2, -0.15) is 0 Å². The molecule has 0 fully saturated rings. The fourth-order valence-electron chi connectivity index (χ4n) is 1.62. The van der Waals surface area contributed by atoms with E-state index >= 15 is 0 Å². The first-order chi connectivity index (χ1) is 9.63. The van der Waals surface area contributed by atoms with Crippen LogP contribution < -0.4 is 4.74 Å². The molecule has 0 spiro atoms. The van der Waals surface area contributed by atoms with E-state index < -0.39 is 11.8 Å². The number of nitrogens with zero attached hydrogens (tertiary/aromatic N) is 2. The molecule has 1 heterocycles. The summed E-state index contributed by atoms with van der Waals surface area (Å²) in [5.74, 6) is -1.21. The van der Waals surface area contributed by atoms with Gasteiger partial charge in [0.1, 0.15) is 18.2 Å². The van der Waals surface area contributed by atoms with E-state index in [-0.39, 0.29) is 0 Å². The summed E-state index contributed by atoms with van der Waals surface area (Å²) in [6, 6.07) is 4.07. The first-order valence-electron chi connectivity index (χ1n) is 5.93. The number of carbonyl (C=O) groups is 1. The van der Waals surface area contributed by atoms with Crippen molar-refractivity contribution in [3.63, 3.8) is 0 Å². The predicted octanol–water partition coefficient (Wildman–Crippen LogP) is 2.20. The first-order valence-corrected chi connectivity index (χ1v) is 5.93. The quantitative estimate of drug-likeness (QED) is 0.821. The number of hydrogen-bond acceptors (Lipinski definition) is 3. The summed E-state index contributed by atoms with van der Waals surface area (Å²) < 4.78 is 20.7. The topological polar surface area (TPSA) is 64.3 Å². The second-order valence-corrected chi connectivity index (χ2v) is 4.04. The van der Waals surface area contributed by atoms with Crippen LogP contribution in [0, 0.1) is 5.82 Å². The van der Waals surface area contributed by atoms with Crippen LogP contribution in [0.15, 0.2) is 43.0 Å². The number of aliphatic carboxylic acids is 1. The fraction of sp³-hybridized carbons (Fsp3) is 0.143. The van der Waals surface area contributed by atoms with Gasteiger partial charge in [-0.15, -0.1) is 0 Å². The molecule has 0 atom stereocenters. The van der Waals surface area contributed by atoms with Gasteiger partial charge in [-0.05, 0) is 23.8 Å². The Hall–Kier alpha value is -2.63. The summed E-state index contributed by atoms with van der Waals surface area (Å²) in [4.78, 5) is 14.3. The molecule has 0 unspecified atom stereocenters. The van der Waals surface area contributed by atoms with E-state index in [9.17, 15) is 9.18 Å². The Morgan fingerprint density at radius 3 is 3.00 bits per heavy atom. The maximum absolute atomic E-state index is 13.4. The lowest BCUT2D eigenvalue weighted by atomic mass is 10.2. The predicted molar refractivity (Wildman–Crippen MR) is 70.8 cm³/mol. The highest BCUT2D eigenvalue weighted by Crippen LogP contribution is 2.17. The van der Waals surface area contributed by atoms with Gasteiger partial charge in [-0.25, -0.2) is 14.2 Å². The van der Waals surface area contributed by atoms with E-state index in [1.165, 1.54) is 18.2 Å². The third kappa shape index (κ3) is 4.24. The molecule has 0 aliphatic rings. The number of imidazole rings is 1. The highest BCUT2D eigenvalue weighted by atomic mass is 19.1. The van der Waals surface area contributed by atoms with E-state index in [0.717, 1.165) is 6.08 Å². The van der Waals surface area contributed by atoms with E-state index in [0.29, 0.717) is 24.5 Å². The molecule has 1 N–H and O–H groups in total. The van der Waals surface area contributed by atoms with Crippen molar-refractivity contribution < 1.29 is 19.0 Å². The van der Waals surface area contributed by atoms with Crippen molar-refractivity contribution in [2.75, 3.05) is 6.61 Å². The minimum Gasteiger partial charge on any atom is -0.492 e. The Kier molecular flexibility index (Phi) is 4.49. The molecular formula is C14H13FN2O3. The van der Waals surface area contributed by atoms with Gasteiger partial charge in [-0.1, -0.05) is 0 Å². The maximum Gasteiger partial charge on any atom is 0.328 e. The third-order valence-corrected chi connectivity index (χ3v) is 2.49. The summed E-state index contributed by atoms with van der Waals surface area (Å²) in [6.07, 6.45) is 7.39. The number of carboxylic acid groups (broad SMARTS) is 1. The number of aromatic nitrogens is 2. The van der Waals surface area contributed by atoms with Crippen LogP contribution in [0.2, 0.25) is 0 Å². The second-order valence-electron chi connectivity index (χ2n) is 4.04. The fourth-order valence-corrected chi connectivity index (χ4v) is 1.62. The smallest absolute Gasteiger partial charge is 0.328 e. The normalized spacial score (nSPS) is 10.8. The van der Waals surface area contributed by atoms with Gasteiger partial charge in [0.2, 0.25) is 0 Å². The van der Waals surface area contributed by atoms with Crippen LogP contribution >= 0.6 is 0 Å². The molecule has 0 saturated heterocycles. The molecule has 0 aliphatic carbocycles. The molecule has 0 amide bonds. The van der Waals surface area contributed by atoms with Crippen molar-refractivity contribution in [3.8, 4) is 5.75 Å². The maximum atomic E-state index is 13.4. The number of hydrogen-bond donors (Lipinski definition) is 1. The number of benzene rings is 1. The molecule has 20 heavy (non-hydrogen) atoms. The van der Waals surface area contributed by atoms with Gasteiger partial charge in [0.15, 0.2) is 0 Å². The van der Waals surface area contributed by atoms with Crippen LogP contribution in [0.25, 0.3) is 6.08 Å². The molecule has 5 nitrogen and oxygen atoms in total. The minimum absolute atomic E-state index is 0.357. The monoisotopic (exact) mass is 276 g/mol. The van der Waals surface area contributed by atoms with Gasteiger partial charge in [-0.3, -0.25) is 0 Å². The van der Waals surface area contributed by atoms with Crippen LogP contribution in [0.4, 0.5) is 4.39 Å². The van der Waals surface area contributed by atoms with Crippen molar-refractivity contribution in [2.24, 2.45) is 0 Å². The summed E-state index contributed by atoms with van der Waals surface area (Å²) in [5.41, 5.74) is 0.435. The summed E-state index contributed by atoms with van der Waals surface area (Å²) in [7, 11) is 0. The van der Waals surface area contributed by atoms with Crippen LogP contribution in [0.3, 0.4) is 0 Å². The van der Waals surface area contributed by atoms with Gasteiger partial charge in [0.25, 0.3) is 0 Å². The highest BCUT2D eigenvalue weighted by molar-refractivity contribution is 5.85. The molecule has 1 aromatic heterocycles. The Morgan fingerprint density at radius 1 is 1.45 bits per heavy atom. The number of carboxylic acids is 1. The lowest BCUT2D eigenvalue weighted by Gasteiger charge is -2.07.